The van der Waals surface area contributed by atoms with Crippen LogP contribution in [-0.4, -0.2) is 35.4 Å². The molecule has 1 amide bonds. The fraction of sp³-hybridized carbons (Fsp3) is 0.304. The van der Waals surface area contributed by atoms with Gasteiger partial charge in [0.25, 0.3) is 11.7 Å². The molecular weight excluding hydrogens is 354 g/mol. The Morgan fingerprint density at radius 3 is 2.39 bits per heavy atom. The van der Waals surface area contributed by atoms with E-state index in [1.165, 1.54) is 0 Å². The topological polar surface area (TPSA) is 66.8 Å². The Balaban J connectivity index is 2.22. The number of likely N-dealkylation sites (tertiary alicyclic amines) is 1. The second kappa shape index (κ2) is 7.89. The van der Waals surface area contributed by atoms with Crippen molar-refractivity contribution >= 4 is 17.4 Å². The first kappa shape index (κ1) is 19.7. The van der Waals surface area contributed by atoms with Crippen molar-refractivity contribution in [3.8, 4) is 5.75 Å². The number of carbonyl (C=O) groups is 2. The van der Waals surface area contributed by atoms with E-state index >= 15 is 0 Å². The molecule has 0 aromatic heterocycles. The first-order chi connectivity index (χ1) is 13.4. The minimum atomic E-state index is -0.646. The van der Waals surface area contributed by atoms with Gasteiger partial charge in [-0.1, -0.05) is 37.3 Å². The molecule has 2 aromatic rings. The third kappa shape index (κ3) is 3.28. The number of hydrogen-bond donors (Lipinski definition) is 1. The lowest BCUT2D eigenvalue weighted by atomic mass is 9.93. The predicted octanol–water partition coefficient (Wildman–Crippen LogP) is 4.14. The summed E-state index contributed by atoms with van der Waals surface area (Å²) >= 11 is 0. The third-order valence-electron chi connectivity index (χ3n) is 5.12. The monoisotopic (exact) mass is 379 g/mol. The van der Waals surface area contributed by atoms with Gasteiger partial charge in [0.05, 0.1) is 18.7 Å². The van der Waals surface area contributed by atoms with Crippen molar-refractivity contribution in [3.05, 3.63) is 70.3 Å². The molecule has 1 fully saturated rings. The zero-order valence-corrected chi connectivity index (χ0v) is 16.7. The highest BCUT2D eigenvalue weighted by atomic mass is 16.5. The van der Waals surface area contributed by atoms with E-state index in [4.69, 9.17) is 4.74 Å². The van der Waals surface area contributed by atoms with E-state index in [1.807, 2.05) is 57.2 Å². The van der Waals surface area contributed by atoms with Gasteiger partial charge in [-0.3, -0.25) is 9.59 Å². The molecule has 0 saturated carbocycles. The van der Waals surface area contributed by atoms with Crippen molar-refractivity contribution in [2.24, 2.45) is 0 Å². The van der Waals surface area contributed by atoms with Crippen molar-refractivity contribution in [2.45, 2.75) is 33.2 Å². The Bertz CT molecular complexity index is 947. The first-order valence-corrected chi connectivity index (χ1v) is 9.39. The summed E-state index contributed by atoms with van der Waals surface area (Å²) in [7, 11) is 1.59. The Morgan fingerprint density at radius 1 is 1.11 bits per heavy atom. The number of nitrogens with zero attached hydrogens (tertiary/aromatic N) is 1. The SMILES string of the molecule is CCCN1C(=O)C(=O)/C(=C(/O)c2cc(C)c(OC)cc2C)C1c1ccccc1. The van der Waals surface area contributed by atoms with Crippen molar-refractivity contribution in [3.63, 3.8) is 0 Å². The second-order valence-electron chi connectivity index (χ2n) is 7.04. The Hall–Kier alpha value is -3.08. The lowest BCUT2D eigenvalue weighted by molar-refractivity contribution is -0.139. The van der Waals surface area contributed by atoms with Gasteiger partial charge >= 0.3 is 0 Å². The van der Waals surface area contributed by atoms with Crippen LogP contribution in [0.1, 0.15) is 41.6 Å². The van der Waals surface area contributed by atoms with E-state index in [-0.39, 0.29) is 11.3 Å². The van der Waals surface area contributed by atoms with E-state index < -0.39 is 17.7 Å². The lowest BCUT2D eigenvalue weighted by Gasteiger charge is -2.25. The number of Topliss-reactive ketones (excluding diaryl/α,β-unsaturated/α-hetero) is 1. The molecular formula is C23H25NO4. The van der Waals surface area contributed by atoms with Gasteiger partial charge in [-0.05, 0) is 49.1 Å². The van der Waals surface area contributed by atoms with Crippen LogP contribution in [0.5, 0.6) is 5.75 Å². The van der Waals surface area contributed by atoms with Crippen LogP contribution in [0.3, 0.4) is 0 Å². The molecule has 1 aliphatic rings. The average molecular weight is 379 g/mol. The zero-order valence-electron chi connectivity index (χ0n) is 16.7. The van der Waals surface area contributed by atoms with Crippen LogP contribution in [-0.2, 0) is 9.59 Å². The summed E-state index contributed by atoms with van der Waals surface area (Å²) in [5.74, 6) is -0.651. The largest absolute Gasteiger partial charge is 0.507 e. The Kier molecular flexibility index (Phi) is 5.54. The zero-order chi connectivity index (χ0) is 20.4. The molecule has 2 aromatic carbocycles. The van der Waals surface area contributed by atoms with Crippen LogP contribution in [0.15, 0.2) is 48.0 Å². The summed E-state index contributed by atoms with van der Waals surface area (Å²) < 4.78 is 5.34. The summed E-state index contributed by atoms with van der Waals surface area (Å²) in [5, 5.41) is 11.1. The molecule has 0 radical (unpaired) electrons. The number of ketones is 1. The van der Waals surface area contributed by atoms with Crippen LogP contribution in [0.4, 0.5) is 0 Å². The summed E-state index contributed by atoms with van der Waals surface area (Å²) in [6.07, 6.45) is 0.719. The van der Waals surface area contributed by atoms with Gasteiger partial charge in [0.2, 0.25) is 0 Å². The van der Waals surface area contributed by atoms with Gasteiger partial charge in [-0.25, -0.2) is 0 Å². The van der Waals surface area contributed by atoms with Crippen LogP contribution < -0.4 is 4.74 Å². The highest BCUT2D eigenvalue weighted by Gasteiger charge is 2.45. The molecule has 1 atom stereocenters. The van der Waals surface area contributed by atoms with Crippen molar-refractivity contribution in [2.75, 3.05) is 13.7 Å². The highest BCUT2D eigenvalue weighted by Crippen LogP contribution is 2.40. The average Bonchev–Trinajstić information content (AvgIpc) is 2.95. The van der Waals surface area contributed by atoms with Crippen molar-refractivity contribution < 1.29 is 19.4 Å². The van der Waals surface area contributed by atoms with Crippen LogP contribution >= 0.6 is 0 Å². The predicted molar refractivity (Wildman–Crippen MR) is 108 cm³/mol. The smallest absolute Gasteiger partial charge is 0.295 e. The number of rotatable bonds is 5. The van der Waals surface area contributed by atoms with Gasteiger partial charge in [0, 0.05) is 12.1 Å². The van der Waals surface area contributed by atoms with E-state index in [2.05, 4.69) is 0 Å². The fourth-order valence-corrected chi connectivity index (χ4v) is 3.74. The minimum absolute atomic E-state index is 0.136. The molecule has 0 bridgehead atoms. The molecule has 5 nitrogen and oxygen atoms in total. The highest BCUT2D eigenvalue weighted by molar-refractivity contribution is 6.46. The van der Waals surface area contributed by atoms with E-state index in [0.29, 0.717) is 17.9 Å². The maximum atomic E-state index is 12.9. The van der Waals surface area contributed by atoms with Crippen LogP contribution in [0.25, 0.3) is 5.76 Å². The number of aliphatic hydroxyl groups excluding tert-OH is 1. The van der Waals surface area contributed by atoms with Gasteiger partial charge in [-0.2, -0.15) is 0 Å². The van der Waals surface area contributed by atoms with Gasteiger partial charge in [0.1, 0.15) is 11.5 Å². The molecule has 1 N–H and O–H groups in total. The summed E-state index contributed by atoms with van der Waals surface area (Å²) in [4.78, 5) is 27.1. The number of hydrogen-bond acceptors (Lipinski definition) is 4. The van der Waals surface area contributed by atoms with Gasteiger partial charge < -0.3 is 14.7 Å². The number of benzene rings is 2. The molecule has 146 valence electrons. The van der Waals surface area contributed by atoms with Crippen LogP contribution in [0.2, 0.25) is 0 Å². The Morgan fingerprint density at radius 2 is 1.79 bits per heavy atom. The maximum Gasteiger partial charge on any atom is 0.295 e. The van der Waals surface area contributed by atoms with Gasteiger partial charge in [0.15, 0.2) is 0 Å². The quantitative estimate of drug-likeness (QED) is 0.482. The number of carbonyl (C=O) groups excluding carboxylic acids is 2. The molecule has 3 rings (SSSR count). The van der Waals surface area contributed by atoms with Crippen LogP contribution in [0, 0.1) is 13.8 Å². The van der Waals surface area contributed by atoms with Crippen molar-refractivity contribution in [1.82, 2.24) is 4.90 Å². The third-order valence-corrected chi connectivity index (χ3v) is 5.12. The molecule has 28 heavy (non-hydrogen) atoms. The van der Waals surface area contributed by atoms with Gasteiger partial charge in [-0.15, -0.1) is 0 Å². The molecule has 1 heterocycles. The fourth-order valence-electron chi connectivity index (χ4n) is 3.74. The summed E-state index contributed by atoms with van der Waals surface area (Å²) in [6, 6.07) is 12.4. The number of ether oxygens (including phenoxy) is 1. The minimum Gasteiger partial charge on any atom is -0.507 e. The molecule has 0 aliphatic carbocycles. The summed E-state index contributed by atoms with van der Waals surface area (Å²) in [5.41, 5.74) is 3.09. The number of aryl methyl sites for hydroxylation is 2. The Labute approximate surface area is 165 Å². The summed E-state index contributed by atoms with van der Waals surface area (Å²) in [6.45, 7) is 6.12. The van der Waals surface area contributed by atoms with Crippen molar-refractivity contribution in [1.29, 1.82) is 0 Å². The molecule has 1 unspecified atom stereocenters. The van der Waals surface area contributed by atoms with E-state index in [1.54, 1.807) is 18.1 Å². The number of aliphatic hydroxyl groups is 1. The second-order valence-corrected chi connectivity index (χ2v) is 7.04. The number of methoxy groups -OCH3 is 1. The molecule has 1 aliphatic heterocycles. The first-order valence-electron chi connectivity index (χ1n) is 9.39. The molecule has 0 spiro atoms. The molecule has 5 heteroatoms. The van der Waals surface area contributed by atoms with E-state index in [9.17, 15) is 14.7 Å². The van der Waals surface area contributed by atoms with E-state index in [0.717, 1.165) is 23.1 Å². The maximum absolute atomic E-state index is 12.9. The number of amides is 1. The molecule has 1 saturated heterocycles. The lowest BCUT2D eigenvalue weighted by Crippen LogP contribution is -2.30. The normalized spacial score (nSPS) is 18.6. The standard InChI is InChI=1S/C23H25NO4/c1-5-11-24-20(16-9-7-6-8-10-16)19(22(26)23(24)27)21(25)17-12-15(3)18(28-4)13-14(17)2/h6-10,12-13,20,25H,5,11H2,1-4H3/b21-19+.